The highest BCUT2D eigenvalue weighted by Crippen LogP contribution is 2.28. The van der Waals surface area contributed by atoms with E-state index in [1.807, 2.05) is 30.8 Å². The first kappa shape index (κ1) is 15.4. The lowest BCUT2D eigenvalue weighted by atomic mass is 10.0. The summed E-state index contributed by atoms with van der Waals surface area (Å²) in [7, 11) is 1.66. The topological polar surface area (TPSA) is 26.3 Å². The summed E-state index contributed by atoms with van der Waals surface area (Å²) in [6, 6.07) is 6.03. The number of ketones is 1. The highest BCUT2D eigenvalue weighted by molar-refractivity contribution is 8.00. The molecule has 1 saturated carbocycles. The van der Waals surface area contributed by atoms with Gasteiger partial charge in [0.05, 0.1) is 12.9 Å². The summed E-state index contributed by atoms with van der Waals surface area (Å²) in [5, 5.41) is 0.701. The highest BCUT2D eigenvalue weighted by atomic mass is 32.2. The summed E-state index contributed by atoms with van der Waals surface area (Å²) in [6.45, 7) is 2.05. The van der Waals surface area contributed by atoms with Crippen molar-refractivity contribution in [2.24, 2.45) is 0 Å². The van der Waals surface area contributed by atoms with Crippen LogP contribution in [0, 0.1) is 6.92 Å². The molecule has 0 bridgehead atoms. The van der Waals surface area contributed by atoms with Crippen LogP contribution in [0.2, 0.25) is 0 Å². The molecule has 1 aromatic carbocycles. The van der Waals surface area contributed by atoms with Gasteiger partial charge in [-0.2, -0.15) is 11.8 Å². The van der Waals surface area contributed by atoms with E-state index < -0.39 is 0 Å². The summed E-state index contributed by atoms with van der Waals surface area (Å²) in [5.41, 5.74) is 2.19. The van der Waals surface area contributed by atoms with Gasteiger partial charge in [0.2, 0.25) is 0 Å². The van der Waals surface area contributed by atoms with E-state index in [4.69, 9.17) is 4.74 Å². The van der Waals surface area contributed by atoms with Crippen LogP contribution < -0.4 is 4.74 Å². The Morgan fingerprint density at radius 3 is 2.75 bits per heavy atom. The molecule has 1 fully saturated rings. The Kier molecular flexibility index (Phi) is 5.96. The summed E-state index contributed by atoms with van der Waals surface area (Å²) < 4.78 is 5.34. The van der Waals surface area contributed by atoms with E-state index in [-0.39, 0.29) is 0 Å². The molecule has 20 heavy (non-hydrogen) atoms. The van der Waals surface area contributed by atoms with Crippen LogP contribution in [-0.2, 0) is 11.2 Å². The molecular formula is C17H24O2S. The average Bonchev–Trinajstić information content (AvgIpc) is 2.46. The zero-order valence-electron chi connectivity index (χ0n) is 12.5. The van der Waals surface area contributed by atoms with E-state index in [1.54, 1.807) is 7.11 Å². The van der Waals surface area contributed by atoms with Gasteiger partial charge < -0.3 is 4.74 Å². The molecule has 0 saturated heterocycles. The first-order chi connectivity index (χ1) is 9.69. The molecule has 3 heteroatoms. The average molecular weight is 292 g/mol. The lowest BCUT2D eigenvalue weighted by Crippen LogP contribution is -2.13. The Bertz CT molecular complexity index is 450. The van der Waals surface area contributed by atoms with Crippen LogP contribution in [0.4, 0.5) is 0 Å². The summed E-state index contributed by atoms with van der Waals surface area (Å²) in [6.07, 6.45) is 7.09. The van der Waals surface area contributed by atoms with Gasteiger partial charge >= 0.3 is 0 Å². The van der Waals surface area contributed by atoms with E-state index in [0.717, 1.165) is 11.3 Å². The molecule has 0 aromatic heterocycles. The van der Waals surface area contributed by atoms with E-state index in [9.17, 15) is 4.79 Å². The van der Waals surface area contributed by atoms with Crippen molar-refractivity contribution in [3.63, 3.8) is 0 Å². The number of hydrogen-bond acceptors (Lipinski definition) is 3. The van der Waals surface area contributed by atoms with Crippen molar-refractivity contribution in [2.45, 2.75) is 50.7 Å². The van der Waals surface area contributed by atoms with Crippen molar-refractivity contribution in [3.05, 3.63) is 29.3 Å². The summed E-state index contributed by atoms with van der Waals surface area (Å²) >= 11 is 1.85. The normalized spacial score (nSPS) is 16.1. The number of carbonyl (C=O) groups is 1. The van der Waals surface area contributed by atoms with E-state index in [1.165, 1.54) is 37.7 Å². The quantitative estimate of drug-likeness (QED) is 0.786. The monoisotopic (exact) mass is 292 g/mol. The van der Waals surface area contributed by atoms with Crippen molar-refractivity contribution in [3.8, 4) is 5.75 Å². The van der Waals surface area contributed by atoms with Gasteiger partial charge in [-0.15, -0.1) is 0 Å². The van der Waals surface area contributed by atoms with E-state index >= 15 is 0 Å². The molecule has 2 rings (SSSR count). The molecule has 1 aliphatic rings. The number of carbonyl (C=O) groups excluding carboxylic acids is 1. The third-order valence-corrected chi connectivity index (χ3v) is 5.29. The maximum atomic E-state index is 12.2. The number of rotatable bonds is 6. The zero-order valence-corrected chi connectivity index (χ0v) is 13.3. The van der Waals surface area contributed by atoms with Gasteiger partial charge in [0.1, 0.15) is 11.5 Å². The smallest absolute Gasteiger partial charge is 0.147 e. The van der Waals surface area contributed by atoms with Crippen LogP contribution in [0.25, 0.3) is 0 Å². The van der Waals surface area contributed by atoms with E-state index in [2.05, 4.69) is 6.07 Å². The third kappa shape index (κ3) is 4.55. The molecular weight excluding hydrogens is 268 g/mol. The maximum Gasteiger partial charge on any atom is 0.147 e. The standard InChI is InChI=1S/C17H24O2S/c1-13-8-9-17(19-2)14(10-13)11-15(18)12-20-16-6-4-3-5-7-16/h8-10,16H,3-7,11-12H2,1-2H3. The molecule has 0 N–H and O–H groups in total. The Labute approximate surface area is 126 Å². The minimum atomic E-state index is 0.310. The molecule has 0 atom stereocenters. The molecule has 0 unspecified atom stereocenters. The van der Waals surface area contributed by atoms with Gasteiger partial charge in [0, 0.05) is 17.2 Å². The molecule has 0 spiro atoms. The van der Waals surface area contributed by atoms with Crippen LogP contribution in [0.15, 0.2) is 18.2 Å². The number of Topliss-reactive ketones (excluding diaryl/α,β-unsaturated/α-hetero) is 1. The fraction of sp³-hybridized carbons (Fsp3) is 0.588. The van der Waals surface area contributed by atoms with Crippen LogP contribution >= 0.6 is 11.8 Å². The van der Waals surface area contributed by atoms with Crippen molar-refractivity contribution in [1.82, 2.24) is 0 Å². The summed E-state index contributed by atoms with van der Waals surface area (Å²) in [4.78, 5) is 12.2. The molecule has 0 heterocycles. The number of aryl methyl sites for hydroxylation is 1. The number of benzene rings is 1. The van der Waals surface area contributed by atoms with Crippen LogP contribution in [0.5, 0.6) is 5.75 Å². The first-order valence-corrected chi connectivity index (χ1v) is 8.50. The van der Waals surface area contributed by atoms with Gasteiger partial charge in [-0.25, -0.2) is 0 Å². The van der Waals surface area contributed by atoms with Crippen LogP contribution in [0.1, 0.15) is 43.2 Å². The second kappa shape index (κ2) is 7.72. The van der Waals surface area contributed by atoms with Gasteiger partial charge in [0.15, 0.2) is 0 Å². The minimum absolute atomic E-state index is 0.310. The minimum Gasteiger partial charge on any atom is -0.496 e. The summed E-state index contributed by atoms with van der Waals surface area (Å²) in [5.74, 6) is 1.78. The predicted molar refractivity (Wildman–Crippen MR) is 85.8 cm³/mol. The molecule has 2 nitrogen and oxygen atoms in total. The largest absolute Gasteiger partial charge is 0.496 e. The fourth-order valence-corrected chi connectivity index (χ4v) is 3.94. The molecule has 0 amide bonds. The first-order valence-electron chi connectivity index (χ1n) is 7.46. The van der Waals surface area contributed by atoms with Crippen LogP contribution in [-0.4, -0.2) is 23.9 Å². The van der Waals surface area contributed by atoms with Gasteiger partial charge in [-0.3, -0.25) is 4.79 Å². The van der Waals surface area contributed by atoms with Crippen molar-refractivity contribution in [1.29, 1.82) is 0 Å². The Hall–Kier alpha value is -0.960. The highest BCUT2D eigenvalue weighted by Gasteiger charge is 2.16. The zero-order chi connectivity index (χ0) is 14.4. The van der Waals surface area contributed by atoms with Gasteiger partial charge in [-0.1, -0.05) is 37.0 Å². The molecule has 110 valence electrons. The molecule has 0 radical (unpaired) electrons. The van der Waals surface area contributed by atoms with Gasteiger partial charge in [-0.05, 0) is 25.8 Å². The second-order valence-electron chi connectivity index (χ2n) is 5.60. The SMILES string of the molecule is COc1ccc(C)cc1CC(=O)CSC1CCCCC1. The molecule has 1 aromatic rings. The maximum absolute atomic E-state index is 12.2. The van der Waals surface area contributed by atoms with Crippen molar-refractivity contribution >= 4 is 17.5 Å². The lowest BCUT2D eigenvalue weighted by molar-refractivity contribution is -0.116. The number of hydrogen-bond donors (Lipinski definition) is 0. The number of methoxy groups -OCH3 is 1. The van der Waals surface area contributed by atoms with Crippen molar-refractivity contribution in [2.75, 3.05) is 12.9 Å². The number of ether oxygens (including phenoxy) is 1. The van der Waals surface area contributed by atoms with Gasteiger partial charge in [0.25, 0.3) is 0 Å². The molecule has 0 aliphatic heterocycles. The third-order valence-electron chi connectivity index (χ3n) is 3.86. The predicted octanol–water partition coefficient (Wildman–Crippen LogP) is 4.18. The Morgan fingerprint density at radius 2 is 2.05 bits per heavy atom. The van der Waals surface area contributed by atoms with Crippen molar-refractivity contribution < 1.29 is 9.53 Å². The fourth-order valence-electron chi connectivity index (χ4n) is 2.75. The second-order valence-corrected chi connectivity index (χ2v) is 6.89. The Balaban J connectivity index is 1.86. The van der Waals surface area contributed by atoms with E-state index in [0.29, 0.717) is 23.2 Å². The number of thioether (sulfide) groups is 1. The lowest BCUT2D eigenvalue weighted by Gasteiger charge is -2.20. The Morgan fingerprint density at radius 1 is 1.30 bits per heavy atom. The van der Waals surface area contributed by atoms with Crippen LogP contribution in [0.3, 0.4) is 0 Å². The molecule has 1 aliphatic carbocycles.